The maximum absolute atomic E-state index is 5.88. The second-order valence-corrected chi connectivity index (χ2v) is 5.28. The normalized spacial score (nSPS) is 31.0. The van der Waals surface area contributed by atoms with Crippen LogP contribution in [0.1, 0.15) is 33.6 Å². The van der Waals surface area contributed by atoms with Crippen LogP contribution in [0.5, 0.6) is 0 Å². The summed E-state index contributed by atoms with van der Waals surface area (Å²) in [7, 11) is 2.17. The first-order valence-corrected chi connectivity index (χ1v) is 6.03. The predicted octanol–water partition coefficient (Wildman–Crippen LogP) is 1.47. The molecule has 1 saturated carbocycles. The minimum atomic E-state index is 0.264. The van der Waals surface area contributed by atoms with Gasteiger partial charge in [0.2, 0.25) is 0 Å². The van der Waals surface area contributed by atoms with Crippen molar-refractivity contribution in [2.45, 2.75) is 45.3 Å². The van der Waals surface area contributed by atoms with Crippen LogP contribution in [0.2, 0.25) is 0 Å². The molecule has 0 aromatic rings. The monoisotopic (exact) mass is 214 g/mol. The van der Waals surface area contributed by atoms with Gasteiger partial charge < -0.3 is 10.5 Å². The Bertz CT molecular complexity index is 188. The SMILES string of the molecule is CC1CC(CN)(N(C)CCOC(C)C)C1. The van der Waals surface area contributed by atoms with Crippen molar-refractivity contribution >= 4 is 0 Å². The highest BCUT2D eigenvalue weighted by Gasteiger charge is 2.43. The molecular weight excluding hydrogens is 188 g/mol. The van der Waals surface area contributed by atoms with Gasteiger partial charge in [-0.25, -0.2) is 0 Å². The van der Waals surface area contributed by atoms with Gasteiger partial charge in [0.05, 0.1) is 12.7 Å². The van der Waals surface area contributed by atoms with E-state index in [2.05, 4.69) is 32.7 Å². The molecule has 1 aliphatic rings. The van der Waals surface area contributed by atoms with Crippen molar-refractivity contribution in [3.63, 3.8) is 0 Å². The lowest BCUT2D eigenvalue weighted by molar-refractivity contribution is -0.0205. The van der Waals surface area contributed by atoms with Crippen molar-refractivity contribution in [3.8, 4) is 0 Å². The Morgan fingerprint density at radius 3 is 2.47 bits per heavy atom. The predicted molar refractivity (Wildman–Crippen MR) is 63.9 cm³/mol. The summed E-state index contributed by atoms with van der Waals surface area (Å²) in [6.07, 6.45) is 2.80. The van der Waals surface area contributed by atoms with Gasteiger partial charge in [0.15, 0.2) is 0 Å². The first-order chi connectivity index (χ1) is 7.00. The van der Waals surface area contributed by atoms with Crippen LogP contribution in [0.4, 0.5) is 0 Å². The molecule has 0 radical (unpaired) electrons. The highest BCUT2D eigenvalue weighted by Crippen LogP contribution is 2.40. The quantitative estimate of drug-likeness (QED) is 0.727. The maximum Gasteiger partial charge on any atom is 0.0597 e. The average molecular weight is 214 g/mol. The van der Waals surface area contributed by atoms with E-state index in [-0.39, 0.29) is 5.54 Å². The molecule has 1 rings (SSSR count). The van der Waals surface area contributed by atoms with Gasteiger partial charge in [0.1, 0.15) is 0 Å². The molecular formula is C12H26N2O. The highest BCUT2D eigenvalue weighted by molar-refractivity contribution is 5.01. The van der Waals surface area contributed by atoms with Gasteiger partial charge in [0, 0.05) is 18.6 Å². The van der Waals surface area contributed by atoms with Crippen molar-refractivity contribution in [3.05, 3.63) is 0 Å². The van der Waals surface area contributed by atoms with Crippen LogP contribution in [0, 0.1) is 5.92 Å². The van der Waals surface area contributed by atoms with Gasteiger partial charge in [-0.2, -0.15) is 0 Å². The average Bonchev–Trinajstić information content (AvgIpc) is 2.11. The van der Waals surface area contributed by atoms with E-state index < -0.39 is 0 Å². The minimum absolute atomic E-state index is 0.264. The van der Waals surface area contributed by atoms with E-state index in [1.54, 1.807) is 0 Å². The zero-order chi connectivity index (χ0) is 11.5. The van der Waals surface area contributed by atoms with Crippen molar-refractivity contribution < 1.29 is 4.74 Å². The molecule has 0 amide bonds. The molecule has 15 heavy (non-hydrogen) atoms. The molecule has 0 unspecified atom stereocenters. The summed E-state index contributed by atoms with van der Waals surface area (Å²) >= 11 is 0. The Labute approximate surface area is 94.0 Å². The molecule has 2 N–H and O–H groups in total. The third-order valence-electron chi connectivity index (χ3n) is 3.52. The Morgan fingerprint density at radius 2 is 2.07 bits per heavy atom. The lowest BCUT2D eigenvalue weighted by Gasteiger charge is -2.52. The lowest BCUT2D eigenvalue weighted by Crippen LogP contribution is -2.60. The van der Waals surface area contributed by atoms with Crippen LogP contribution < -0.4 is 5.73 Å². The molecule has 0 aromatic heterocycles. The summed E-state index contributed by atoms with van der Waals surface area (Å²) in [5.74, 6) is 0.835. The highest BCUT2D eigenvalue weighted by atomic mass is 16.5. The number of nitrogens with two attached hydrogens (primary N) is 1. The molecule has 3 nitrogen and oxygen atoms in total. The van der Waals surface area contributed by atoms with Crippen molar-refractivity contribution in [1.29, 1.82) is 0 Å². The van der Waals surface area contributed by atoms with E-state index >= 15 is 0 Å². The molecule has 0 bridgehead atoms. The standard InChI is InChI=1S/C12H26N2O/c1-10(2)15-6-5-14(4)12(9-13)7-11(3)8-12/h10-11H,5-9,13H2,1-4H3. The minimum Gasteiger partial charge on any atom is -0.377 e. The van der Waals surface area contributed by atoms with Gasteiger partial charge >= 0.3 is 0 Å². The van der Waals surface area contributed by atoms with Gasteiger partial charge in [-0.1, -0.05) is 6.92 Å². The summed E-state index contributed by atoms with van der Waals surface area (Å²) in [6, 6.07) is 0. The van der Waals surface area contributed by atoms with E-state index in [1.807, 2.05) is 0 Å². The molecule has 0 aliphatic heterocycles. The topological polar surface area (TPSA) is 38.5 Å². The number of hydrogen-bond acceptors (Lipinski definition) is 3. The fourth-order valence-electron chi connectivity index (χ4n) is 2.53. The number of likely N-dealkylation sites (N-methyl/N-ethyl adjacent to an activating group) is 1. The summed E-state index contributed by atoms with van der Waals surface area (Å²) in [5.41, 5.74) is 6.14. The molecule has 1 aliphatic carbocycles. The molecule has 1 fully saturated rings. The van der Waals surface area contributed by atoms with Crippen molar-refractivity contribution in [2.75, 3.05) is 26.7 Å². The first-order valence-electron chi connectivity index (χ1n) is 6.03. The summed E-state index contributed by atoms with van der Waals surface area (Å²) in [4.78, 5) is 2.38. The molecule has 0 heterocycles. The summed E-state index contributed by atoms with van der Waals surface area (Å²) in [5, 5.41) is 0. The Kier molecular flexibility index (Phi) is 4.56. The largest absolute Gasteiger partial charge is 0.377 e. The van der Waals surface area contributed by atoms with E-state index in [4.69, 9.17) is 10.5 Å². The van der Waals surface area contributed by atoms with Gasteiger partial charge in [0.25, 0.3) is 0 Å². The molecule has 3 heteroatoms. The van der Waals surface area contributed by atoms with Crippen molar-refractivity contribution in [1.82, 2.24) is 4.90 Å². The van der Waals surface area contributed by atoms with Gasteiger partial charge in [-0.15, -0.1) is 0 Å². The van der Waals surface area contributed by atoms with Crippen LogP contribution in [0.3, 0.4) is 0 Å². The summed E-state index contributed by atoms with van der Waals surface area (Å²) < 4.78 is 5.57. The third kappa shape index (κ3) is 3.16. The number of rotatable bonds is 6. The smallest absolute Gasteiger partial charge is 0.0597 e. The number of ether oxygens (including phenoxy) is 1. The molecule has 0 saturated heterocycles. The fourth-order valence-corrected chi connectivity index (χ4v) is 2.53. The fraction of sp³-hybridized carbons (Fsp3) is 1.00. The Morgan fingerprint density at radius 1 is 1.47 bits per heavy atom. The van der Waals surface area contributed by atoms with Gasteiger partial charge in [-0.3, -0.25) is 4.90 Å². The van der Waals surface area contributed by atoms with Crippen LogP contribution in [-0.2, 0) is 4.74 Å². The Balaban J connectivity index is 2.29. The van der Waals surface area contributed by atoms with Crippen LogP contribution >= 0.6 is 0 Å². The van der Waals surface area contributed by atoms with Gasteiger partial charge in [-0.05, 0) is 39.7 Å². The van der Waals surface area contributed by atoms with E-state index in [9.17, 15) is 0 Å². The first kappa shape index (κ1) is 12.9. The lowest BCUT2D eigenvalue weighted by atomic mass is 9.68. The van der Waals surface area contributed by atoms with E-state index in [1.165, 1.54) is 12.8 Å². The maximum atomic E-state index is 5.88. The van der Waals surface area contributed by atoms with Crippen LogP contribution in [-0.4, -0.2) is 43.3 Å². The second kappa shape index (κ2) is 5.28. The molecule has 0 atom stereocenters. The third-order valence-corrected chi connectivity index (χ3v) is 3.52. The zero-order valence-corrected chi connectivity index (χ0v) is 10.6. The molecule has 90 valence electrons. The van der Waals surface area contributed by atoms with Crippen LogP contribution in [0.25, 0.3) is 0 Å². The number of nitrogens with zero attached hydrogens (tertiary/aromatic N) is 1. The molecule has 0 spiro atoms. The second-order valence-electron chi connectivity index (χ2n) is 5.28. The summed E-state index contributed by atoms with van der Waals surface area (Å²) in [6.45, 7) is 9.02. The number of hydrogen-bond donors (Lipinski definition) is 1. The van der Waals surface area contributed by atoms with Crippen LogP contribution in [0.15, 0.2) is 0 Å². The van der Waals surface area contributed by atoms with Crippen molar-refractivity contribution in [2.24, 2.45) is 11.7 Å². The van der Waals surface area contributed by atoms with E-state index in [0.29, 0.717) is 6.10 Å². The zero-order valence-electron chi connectivity index (χ0n) is 10.6. The van der Waals surface area contributed by atoms with E-state index in [0.717, 1.165) is 25.6 Å². The molecule has 0 aromatic carbocycles. The Hall–Kier alpha value is -0.120.